The van der Waals surface area contributed by atoms with Crippen molar-refractivity contribution in [3.8, 4) is 0 Å². The van der Waals surface area contributed by atoms with Gasteiger partial charge in [0.1, 0.15) is 18.6 Å². The summed E-state index contributed by atoms with van der Waals surface area (Å²) in [6.07, 6.45) is 13.2. The lowest BCUT2D eigenvalue weighted by Gasteiger charge is -2.49. The fraction of sp³-hybridized carbons (Fsp3) is 0. The Morgan fingerprint density at radius 3 is 1.55 bits per heavy atom. The number of hydrogen-bond acceptors (Lipinski definition) is 0. The summed E-state index contributed by atoms with van der Waals surface area (Å²) in [4.78, 5) is 0. The van der Waals surface area contributed by atoms with Gasteiger partial charge in [-0.15, -0.1) is 0 Å². The second-order valence-corrected chi connectivity index (χ2v) is 10.2. The molecule has 0 N–H and O–H groups in total. The number of halogens is 2. The van der Waals surface area contributed by atoms with E-state index in [2.05, 4.69) is 163 Å². The Balaban J connectivity index is 1.68. The third kappa shape index (κ3) is 1.90. The van der Waals surface area contributed by atoms with Gasteiger partial charge < -0.3 is 4.59 Å². The molecule has 150 valence electrons. The van der Waals surface area contributed by atoms with Crippen LogP contribution in [0, 0.1) is 0 Å². The molecule has 0 unspecified atom stereocenters. The molecule has 31 heavy (non-hydrogen) atoms. The van der Waals surface area contributed by atoms with Crippen LogP contribution in [0.5, 0.6) is 0 Å². The molecule has 0 saturated carbocycles. The van der Waals surface area contributed by atoms with E-state index < -0.39 is 13.1 Å². The SMILES string of the molecule is Brc1ccc([B-]23n4ccc[n+]4[B-](c4ccc(Br)cc4)(n4ccc[n+]42)[n+]2cccn23)cc1. The average Bonchev–Trinajstić information content (AvgIpc) is 3.55. The number of rotatable bonds is 2. The predicted octanol–water partition coefficient (Wildman–Crippen LogP) is 0.687. The maximum absolute atomic E-state index is 3.61. The first-order valence-corrected chi connectivity index (χ1v) is 11.9. The van der Waals surface area contributed by atoms with E-state index in [-0.39, 0.29) is 0 Å². The maximum atomic E-state index is 3.61. The first-order valence-electron chi connectivity index (χ1n) is 10.3. The molecule has 10 heteroatoms. The van der Waals surface area contributed by atoms with Crippen LogP contribution in [0.3, 0.4) is 0 Å². The Hall–Kier alpha value is -2.84. The molecule has 2 bridgehead atoms. The molecule has 8 rings (SSSR count). The minimum absolute atomic E-state index is 1.07. The van der Waals surface area contributed by atoms with Crippen molar-refractivity contribution < 1.29 is 13.8 Å². The topological polar surface area (TPSA) is 26.4 Å². The van der Waals surface area contributed by atoms with Crippen LogP contribution in [0.2, 0.25) is 0 Å². The molecular weight excluding hydrogens is 518 g/mol. The van der Waals surface area contributed by atoms with Crippen LogP contribution < -0.4 is 24.7 Å². The molecule has 3 aliphatic heterocycles. The molecule has 6 nitrogen and oxygen atoms in total. The third-order valence-corrected chi connectivity index (χ3v) is 8.14. The largest absolute Gasteiger partial charge is 0.763 e. The van der Waals surface area contributed by atoms with Crippen LogP contribution >= 0.6 is 31.9 Å². The Morgan fingerprint density at radius 1 is 0.548 bits per heavy atom. The Bertz CT molecular complexity index is 1260. The quantitative estimate of drug-likeness (QED) is 0.292. The summed E-state index contributed by atoms with van der Waals surface area (Å²) < 4.78 is 16.6. The molecule has 0 saturated heterocycles. The molecular formula is C21H17B2Br2N6+. The van der Waals surface area contributed by atoms with E-state index >= 15 is 0 Å². The normalized spacial score (nSPS) is 22.8. The fourth-order valence-electron chi connectivity index (χ4n) is 6.03. The lowest BCUT2D eigenvalue weighted by molar-refractivity contribution is -0.830. The van der Waals surface area contributed by atoms with Crippen molar-refractivity contribution in [2.45, 2.75) is 0 Å². The lowest BCUT2D eigenvalue weighted by atomic mass is 9.45. The first-order chi connectivity index (χ1) is 15.2. The zero-order chi connectivity index (χ0) is 20.8. The maximum Gasteiger partial charge on any atom is 0.763 e. The minimum Gasteiger partial charge on any atom is -0.308 e. The van der Waals surface area contributed by atoms with Crippen LogP contribution in [-0.4, -0.2) is 26.9 Å². The van der Waals surface area contributed by atoms with E-state index in [0.717, 1.165) is 8.95 Å². The highest BCUT2D eigenvalue weighted by Gasteiger charge is 2.75. The third-order valence-electron chi connectivity index (χ3n) is 7.08. The molecule has 0 radical (unpaired) electrons. The van der Waals surface area contributed by atoms with Gasteiger partial charge in [-0.05, 0) is 5.46 Å². The summed E-state index contributed by atoms with van der Waals surface area (Å²) in [6.45, 7) is -3.07. The van der Waals surface area contributed by atoms with Crippen molar-refractivity contribution >= 4 is 55.9 Å². The highest BCUT2D eigenvalue weighted by atomic mass is 79.9. The van der Waals surface area contributed by atoms with Crippen molar-refractivity contribution in [2.24, 2.45) is 0 Å². The summed E-state index contributed by atoms with van der Waals surface area (Å²) in [5, 5.41) is 0. The van der Waals surface area contributed by atoms with E-state index in [1.165, 1.54) is 10.9 Å². The molecule has 0 aliphatic carbocycles. The molecule has 2 aromatic carbocycles. The van der Waals surface area contributed by atoms with Gasteiger partial charge in [0.25, 0.3) is 0 Å². The van der Waals surface area contributed by atoms with E-state index in [9.17, 15) is 0 Å². The van der Waals surface area contributed by atoms with Gasteiger partial charge in [-0.2, -0.15) is 0 Å². The highest BCUT2D eigenvalue weighted by molar-refractivity contribution is 9.10. The van der Waals surface area contributed by atoms with E-state index in [0.29, 0.717) is 0 Å². The average molecular weight is 535 g/mol. The van der Waals surface area contributed by atoms with E-state index in [1.807, 2.05) is 0 Å². The van der Waals surface area contributed by atoms with E-state index in [1.54, 1.807) is 0 Å². The van der Waals surface area contributed by atoms with Gasteiger partial charge in [0.15, 0.2) is 0 Å². The smallest absolute Gasteiger partial charge is 0.308 e. The molecule has 3 aromatic heterocycles. The zero-order valence-electron chi connectivity index (χ0n) is 16.4. The van der Waals surface area contributed by atoms with Crippen molar-refractivity contribution in [1.29, 1.82) is 0 Å². The van der Waals surface area contributed by atoms with Gasteiger partial charge >= 0.3 is 13.1 Å². The van der Waals surface area contributed by atoms with Crippen molar-refractivity contribution in [2.75, 3.05) is 0 Å². The monoisotopic (exact) mass is 533 g/mol. The Labute approximate surface area is 195 Å². The summed E-state index contributed by atoms with van der Waals surface area (Å²) in [6, 6.07) is 23.8. The number of nitrogens with zero attached hydrogens (tertiary/aromatic N) is 6. The standard InChI is InChI=1S/C21H17B2Br2N6/c24-20-8-4-18(5-9-20)22-26-12-1-13-27(26)23(29-15-2-14-28(22)29,31-17-3-16-30(22)31)19-6-10-21(25)11-7-19/h1-17H/q+1. The summed E-state index contributed by atoms with van der Waals surface area (Å²) >= 11 is 7.21. The van der Waals surface area contributed by atoms with Gasteiger partial charge in [0.2, 0.25) is 0 Å². The first kappa shape index (κ1) is 17.8. The van der Waals surface area contributed by atoms with Gasteiger partial charge in [-0.1, -0.05) is 85.9 Å². The van der Waals surface area contributed by atoms with Crippen LogP contribution in [-0.2, 0) is 0 Å². The molecule has 0 fully saturated rings. The number of hydrogen-bond donors (Lipinski definition) is 0. The predicted molar refractivity (Wildman–Crippen MR) is 125 cm³/mol. The summed E-state index contributed by atoms with van der Waals surface area (Å²) in [7, 11) is 0. The number of benzene rings is 2. The van der Waals surface area contributed by atoms with Crippen LogP contribution in [0.15, 0.2) is 113 Å². The molecule has 3 aliphatic rings. The Morgan fingerprint density at radius 2 is 1.00 bits per heavy atom. The molecule has 5 aromatic rings. The van der Waals surface area contributed by atoms with Gasteiger partial charge in [0, 0.05) is 45.7 Å². The van der Waals surface area contributed by atoms with Crippen LogP contribution in [0.1, 0.15) is 0 Å². The molecule has 0 spiro atoms. The number of aromatic nitrogens is 6. The van der Waals surface area contributed by atoms with Gasteiger partial charge in [-0.3, -0.25) is 18.4 Å². The summed E-state index contributed by atoms with van der Waals surface area (Å²) in [5.41, 5.74) is 2.45. The molecule has 0 atom stereocenters. The van der Waals surface area contributed by atoms with Gasteiger partial charge in [-0.25, -0.2) is 4.59 Å². The van der Waals surface area contributed by atoms with Crippen LogP contribution in [0.25, 0.3) is 0 Å². The van der Waals surface area contributed by atoms with Crippen LogP contribution in [0.4, 0.5) is 0 Å². The van der Waals surface area contributed by atoms with Crippen molar-refractivity contribution in [3.05, 3.63) is 113 Å². The van der Waals surface area contributed by atoms with E-state index in [4.69, 9.17) is 0 Å². The molecule has 0 amide bonds. The Kier molecular flexibility index (Phi) is 3.38. The van der Waals surface area contributed by atoms with Crippen molar-refractivity contribution in [3.63, 3.8) is 0 Å². The zero-order valence-corrected chi connectivity index (χ0v) is 19.6. The highest BCUT2D eigenvalue weighted by Crippen LogP contribution is 2.20. The second kappa shape index (κ2) is 5.89. The minimum atomic E-state index is -1.54. The van der Waals surface area contributed by atoms with Crippen molar-refractivity contribution in [1.82, 2.24) is 13.8 Å². The van der Waals surface area contributed by atoms with Gasteiger partial charge in [0.05, 0.1) is 0 Å². The summed E-state index contributed by atoms with van der Waals surface area (Å²) in [5.74, 6) is 0. The second-order valence-electron chi connectivity index (χ2n) is 8.32. The fourth-order valence-corrected chi connectivity index (χ4v) is 6.56. The lowest BCUT2D eigenvalue weighted by Crippen LogP contribution is -3.12. The molecule has 6 heterocycles.